The van der Waals surface area contributed by atoms with E-state index in [1.165, 1.54) is 56.3 Å². The van der Waals surface area contributed by atoms with Gasteiger partial charge in [-0.25, -0.2) is 0 Å². The van der Waals surface area contributed by atoms with Crippen molar-refractivity contribution in [1.82, 2.24) is 0 Å². The highest BCUT2D eigenvalue weighted by Gasteiger charge is 2.05. The highest BCUT2D eigenvalue weighted by molar-refractivity contribution is 7.99. The Bertz CT molecular complexity index is 605. The van der Waals surface area contributed by atoms with Crippen molar-refractivity contribution in [2.24, 2.45) is 5.92 Å². The lowest BCUT2D eigenvalue weighted by Gasteiger charge is -2.12. The molecule has 170 valence electrons. The van der Waals surface area contributed by atoms with Crippen LogP contribution in [-0.2, 0) is 4.79 Å². The van der Waals surface area contributed by atoms with Gasteiger partial charge in [-0.1, -0.05) is 89.6 Å². The molecule has 0 heterocycles. The number of aliphatic carboxylic acids is 1. The Labute approximate surface area is 193 Å². The largest absolute Gasteiger partial charge is 0.481 e. The van der Waals surface area contributed by atoms with E-state index >= 15 is 0 Å². The summed E-state index contributed by atoms with van der Waals surface area (Å²) < 4.78 is 0. The number of unbranched alkanes of at least 4 members (excludes halogenated alkanes) is 8. The summed E-state index contributed by atoms with van der Waals surface area (Å²) in [5, 5.41) is 12.1. The fraction of sp³-hybridized carbons (Fsp3) is 0.680. The first-order chi connectivity index (χ1) is 14.5. The first-order valence-electron chi connectivity index (χ1n) is 11.7. The third-order valence-corrected chi connectivity index (χ3v) is 6.60. The van der Waals surface area contributed by atoms with Crippen molar-refractivity contribution in [3.05, 3.63) is 24.3 Å². The molecule has 0 saturated carbocycles. The van der Waals surface area contributed by atoms with Gasteiger partial charge in [-0.05, 0) is 49.5 Å². The van der Waals surface area contributed by atoms with Crippen LogP contribution in [0, 0.1) is 5.92 Å². The van der Waals surface area contributed by atoms with Crippen LogP contribution in [0.15, 0.2) is 29.2 Å². The van der Waals surface area contributed by atoms with Gasteiger partial charge in [0.1, 0.15) is 0 Å². The van der Waals surface area contributed by atoms with Gasteiger partial charge in [0.25, 0.3) is 0 Å². The minimum absolute atomic E-state index is 0.253. The minimum atomic E-state index is -0.714. The minimum Gasteiger partial charge on any atom is -0.481 e. The fourth-order valence-electron chi connectivity index (χ4n) is 3.37. The zero-order valence-corrected chi connectivity index (χ0v) is 20.6. The summed E-state index contributed by atoms with van der Waals surface area (Å²) in [4.78, 5) is 12.7. The molecule has 0 bridgehead atoms. The number of carbonyl (C=O) groups is 1. The van der Waals surface area contributed by atoms with Gasteiger partial charge < -0.3 is 10.4 Å². The molecular weight excluding hydrogens is 410 g/mol. The number of thiocarbonyl (C=S) groups is 1. The van der Waals surface area contributed by atoms with Gasteiger partial charge in [-0.2, -0.15) is 0 Å². The lowest BCUT2D eigenvalue weighted by molar-refractivity contribution is -0.137. The normalized spacial score (nSPS) is 11.0. The maximum atomic E-state index is 10.6. The summed E-state index contributed by atoms with van der Waals surface area (Å²) in [6.45, 7) is 4.61. The molecule has 0 aliphatic rings. The van der Waals surface area contributed by atoms with Crippen LogP contribution in [0.1, 0.15) is 97.3 Å². The summed E-state index contributed by atoms with van der Waals surface area (Å²) in [5.41, 5.74) is 1.08. The van der Waals surface area contributed by atoms with E-state index in [9.17, 15) is 4.79 Å². The molecule has 3 nitrogen and oxygen atoms in total. The second-order valence-electron chi connectivity index (χ2n) is 8.50. The van der Waals surface area contributed by atoms with Crippen LogP contribution in [0.2, 0.25) is 0 Å². The predicted molar refractivity (Wildman–Crippen MR) is 136 cm³/mol. The zero-order chi connectivity index (χ0) is 22.0. The van der Waals surface area contributed by atoms with Crippen LogP contribution in [0.5, 0.6) is 0 Å². The molecule has 0 amide bonds. The first kappa shape index (κ1) is 27.0. The average molecular weight is 452 g/mol. The van der Waals surface area contributed by atoms with E-state index in [2.05, 4.69) is 31.3 Å². The van der Waals surface area contributed by atoms with Crippen LogP contribution in [0.4, 0.5) is 5.69 Å². The van der Waals surface area contributed by atoms with Gasteiger partial charge in [0.15, 0.2) is 0 Å². The van der Waals surface area contributed by atoms with Crippen molar-refractivity contribution in [3.8, 4) is 0 Å². The van der Waals surface area contributed by atoms with Crippen molar-refractivity contribution in [2.45, 2.75) is 102 Å². The van der Waals surface area contributed by atoms with Crippen molar-refractivity contribution in [1.29, 1.82) is 0 Å². The number of hydrogen-bond acceptors (Lipinski definition) is 3. The molecule has 0 atom stereocenters. The predicted octanol–water partition coefficient (Wildman–Crippen LogP) is 8.33. The third-order valence-electron chi connectivity index (χ3n) is 5.14. The molecule has 0 aliphatic carbocycles. The van der Waals surface area contributed by atoms with E-state index in [1.54, 1.807) is 11.8 Å². The molecule has 1 aromatic rings. The second-order valence-corrected chi connectivity index (χ2v) is 10.1. The van der Waals surface area contributed by atoms with E-state index in [4.69, 9.17) is 17.3 Å². The zero-order valence-electron chi connectivity index (χ0n) is 19.0. The average Bonchev–Trinajstić information content (AvgIpc) is 2.70. The molecule has 0 saturated heterocycles. The maximum Gasteiger partial charge on any atom is 0.303 e. The van der Waals surface area contributed by atoms with E-state index in [0.717, 1.165) is 48.0 Å². The van der Waals surface area contributed by atoms with Crippen molar-refractivity contribution in [2.75, 3.05) is 11.1 Å². The summed E-state index contributed by atoms with van der Waals surface area (Å²) in [6, 6.07) is 8.25. The van der Waals surface area contributed by atoms with E-state index in [0.29, 0.717) is 0 Å². The van der Waals surface area contributed by atoms with Crippen LogP contribution in [0.3, 0.4) is 0 Å². The molecule has 0 spiro atoms. The van der Waals surface area contributed by atoms with E-state index in [-0.39, 0.29) is 6.42 Å². The highest BCUT2D eigenvalue weighted by Crippen LogP contribution is 2.28. The van der Waals surface area contributed by atoms with Gasteiger partial charge in [-0.3, -0.25) is 4.79 Å². The second kappa shape index (κ2) is 17.6. The van der Waals surface area contributed by atoms with Gasteiger partial charge in [0.2, 0.25) is 0 Å². The van der Waals surface area contributed by atoms with Crippen molar-refractivity contribution in [3.63, 3.8) is 0 Å². The Hall–Kier alpha value is -1.07. The Morgan fingerprint density at radius 3 is 2.20 bits per heavy atom. The number of para-hydroxylation sites is 1. The number of benzene rings is 1. The molecule has 0 radical (unpaired) electrons. The molecule has 30 heavy (non-hydrogen) atoms. The highest BCUT2D eigenvalue weighted by atomic mass is 32.2. The fourth-order valence-corrected chi connectivity index (χ4v) is 4.64. The Kier molecular flexibility index (Phi) is 15.8. The molecule has 1 rings (SSSR count). The number of carboxylic acid groups (broad SMARTS) is 1. The number of rotatable bonds is 18. The number of anilines is 1. The first-order valence-corrected chi connectivity index (χ1v) is 13.1. The van der Waals surface area contributed by atoms with Crippen LogP contribution in [-0.4, -0.2) is 21.8 Å². The Morgan fingerprint density at radius 1 is 0.933 bits per heavy atom. The molecule has 0 aliphatic heterocycles. The quantitative estimate of drug-likeness (QED) is 0.133. The molecule has 1 aromatic carbocycles. The number of nitrogens with one attached hydrogen (secondary N) is 1. The van der Waals surface area contributed by atoms with Crippen molar-refractivity contribution >= 4 is 40.6 Å². The lowest BCUT2D eigenvalue weighted by atomic mass is 10.0. The van der Waals surface area contributed by atoms with E-state index in [1.807, 2.05) is 12.1 Å². The summed E-state index contributed by atoms with van der Waals surface area (Å²) in [5.74, 6) is 1.06. The standard InChI is InChI=1S/C25H41NO2S2/c1-21(2)15-9-7-5-3-4-6-8-10-18-24(29)26-22-16-11-12-17-23(22)30-20-14-13-19-25(27)28/h11-12,16-17,21H,3-10,13-15,18-20H2,1-2H3,(H,26,29)(H,27,28). The van der Waals surface area contributed by atoms with Gasteiger partial charge in [0.05, 0.1) is 10.7 Å². The van der Waals surface area contributed by atoms with Gasteiger partial charge in [-0.15, -0.1) is 11.8 Å². The summed E-state index contributed by atoms with van der Waals surface area (Å²) >= 11 is 7.33. The molecule has 2 N–H and O–H groups in total. The summed E-state index contributed by atoms with van der Waals surface area (Å²) in [7, 11) is 0. The van der Waals surface area contributed by atoms with E-state index < -0.39 is 5.97 Å². The monoisotopic (exact) mass is 451 g/mol. The third kappa shape index (κ3) is 14.8. The molecule has 5 heteroatoms. The Morgan fingerprint density at radius 2 is 1.53 bits per heavy atom. The Balaban J connectivity index is 2.13. The number of thioether (sulfide) groups is 1. The number of hydrogen-bond donors (Lipinski definition) is 2. The smallest absolute Gasteiger partial charge is 0.303 e. The summed E-state index contributed by atoms with van der Waals surface area (Å²) in [6.07, 6.45) is 14.8. The van der Waals surface area contributed by atoms with Gasteiger partial charge >= 0.3 is 5.97 Å². The van der Waals surface area contributed by atoms with Gasteiger partial charge in [0, 0.05) is 11.3 Å². The lowest BCUT2D eigenvalue weighted by Crippen LogP contribution is -2.09. The van der Waals surface area contributed by atoms with Crippen LogP contribution in [0.25, 0.3) is 0 Å². The van der Waals surface area contributed by atoms with Crippen molar-refractivity contribution < 1.29 is 9.90 Å². The number of carboxylic acids is 1. The molecule has 0 aromatic heterocycles. The van der Waals surface area contributed by atoms with Crippen LogP contribution < -0.4 is 5.32 Å². The topological polar surface area (TPSA) is 49.3 Å². The molecule has 0 fully saturated rings. The SMILES string of the molecule is CC(C)CCCCCCCCCCC(=S)Nc1ccccc1SCCCCC(=O)O. The molecular formula is C25H41NO2S2. The van der Waals surface area contributed by atoms with Crippen LogP contribution >= 0.6 is 24.0 Å². The molecule has 0 unspecified atom stereocenters. The maximum absolute atomic E-state index is 10.6.